The molecule has 2 heterocycles. The van der Waals surface area contributed by atoms with Gasteiger partial charge in [-0.25, -0.2) is 0 Å². The normalized spacial score (nSPS) is 42.0. The van der Waals surface area contributed by atoms with E-state index < -0.39 is 0 Å². The van der Waals surface area contributed by atoms with Gasteiger partial charge in [-0.15, -0.1) is 0 Å². The van der Waals surface area contributed by atoms with Crippen molar-refractivity contribution >= 4 is 0 Å². The summed E-state index contributed by atoms with van der Waals surface area (Å²) in [6.45, 7) is 1.16. The van der Waals surface area contributed by atoms with Crippen molar-refractivity contribution in [2.45, 2.75) is 68.7 Å². The zero-order chi connectivity index (χ0) is 11.2. The third-order valence-electron chi connectivity index (χ3n) is 5.09. The Bertz CT molecular complexity index is 245. The number of fused-ring (bicyclic) bond motifs is 2. The second-order valence-electron chi connectivity index (χ2n) is 6.03. The van der Waals surface area contributed by atoms with Crippen molar-refractivity contribution in [2.75, 3.05) is 13.7 Å². The van der Waals surface area contributed by atoms with E-state index in [0.29, 0.717) is 6.04 Å². The minimum Gasteiger partial charge on any atom is -0.377 e. The second-order valence-corrected chi connectivity index (χ2v) is 6.03. The zero-order valence-electron chi connectivity index (χ0n) is 10.3. The highest BCUT2D eigenvalue weighted by Crippen LogP contribution is 2.41. The Morgan fingerprint density at radius 2 is 1.88 bits per heavy atom. The summed E-state index contributed by atoms with van der Waals surface area (Å²) in [5.41, 5.74) is 6.30. The predicted molar refractivity (Wildman–Crippen MR) is 64.3 cm³/mol. The van der Waals surface area contributed by atoms with Gasteiger partial charge in [0.25, 0.3) is 0 Å². The van der Waals surface area contributed by atoms with Crippen LogP contribution in [0.25, 0.3) is 0 Å². The van der Waals surface area contributed by atoms with Crippen LogP contribution in [0.3, 0.4) is 0 Å². The van der Waals surface area contributed by atoms with Gasteiger partial charge in [0.2, 0.25) is 0 Å². The maximum Gasteiger partial charge on any atom is 0.0805 e. The number of nitrogens with zero attached hydrogens (tertiary/aromatic N) is 1. The van der Waals surface area contributed by atoms with E-state index in [1.807, 2.05) is 7.11 Å². The lowest BCUT2D eigenvalue weighted by Crippen LogP contribution is -2.56. The molecule has 16 heavy (non-hydrogen) atoms. The van der Waals surface area contributed by atoms with Gasteiger partial charge in [-0.2, -0.15) is 0 Å². The van der Waals surface area contributed by atoms with Gasteiger partial charge in [0.05, 0.1) is 5.60 Å². The van der Waals surface area contributed by atoms with Crippen LogP contribution in [0.15, 0.2) is 0 Å². The fourth-order valence-electron chi connectivity index (χ4n) is 3.91. The first-order valence-electron chi connectivity index (χ1n) is 6.79. The highest BCUT2D eigenvalue weighted by Gasteiger charge is 2.46. The molecule has 2 unspecified atom stereocenters. The molecule has 92 valence electrons. The maximum absolute atomic E-state index is 6.10. The minimum atomic E-state index is 0.197. The molecule has 1 aliphatic carbocycles. The summed E-state index contributed by atoms with van der Waals surface area (Å²) in [6.07, 6.45) is 8.98. The average molecular weight is 224 g/mol. The van der Waals surface area contributed by atoms with Gasteiger partial charge < -0.3 is 10.5 Å². The Hall–Kier alpha value is -0.120. The third-order valence-corrected chi connectivity index (χ3v) is 5.09. The summed E-state index contributed by atoms with van der Waals surface area (Å²) in [6, 6.07) is 1.95. The zero-order valence-corrected chi connectivity index (χ0v) is 10.3. The predicted octanol–water partition coefficient (Wildman–Crippen LogP) is 1.51. The maximum atomic E-state index is 6.10. The van der Waals surface area contributed by atoms with Crippen molar-refractivity contribution in [1.82, 2.24) is 4.90 Å². The van der Waals surface area contributed by atoms with E-state index in [1.54, 1.807) is 0 Å². The highest BCUT2D eigenvalue weighted by molar-refractivity contribution is 5.01. The van der Waals surface area contributed by atoms with E-state index in [9.17, 15) is 0 Å². The first-order valence-corrected chi connectivity index (χ1v) is 6.79. The molecule has 2 N–H and O–H groups in total. The molecular formula is C13H24N2O. The number of hydrogen-bond donors (Lipinski definition) is 1. The average Bonchev–Trinajstić information content (AvgIpc) is 2.45. The van der Waals surface area contributed by atoms with Crippen LogP contribution < -0.4 is 5.73 Å². The number of methoxy groups -OCH3 is 1. The van der Waals surface area contributed by atoms with Gasteiger partial charge >= 0.3 is 0 Å². The smallest absolute Gasteiger partial charge is 0.0805 e. The number of piperidine rings is 1. The van der Waals surface area contributed by atoms with E-state index in [0.717, 1.165) is 18.6 Å². The number of rotatable bonds is 3. The van der Waals surface area contributed by atoms with Crippen LogP contribution in [0.2, 0.25) is 0 Å². The summed E-state index contributed by atoms with van der Waals surface area (Å²) in [7, 11) is 1.89. The Morgan fingerprint density at radius 3 is 2.31 bits per heavy atom. The Kier molecular flexibility index (Phi) is 2.73. The van der Waals surface area contributed by atoms with Gasteiger partial charge in [-0.05, 0) is 44.9 Å². The molecule has 2 saturated heterocycles. The van der Waals surface area contributed by atoms with Gasteiger partial charge in [0.1, 0.15) is 0 Å². The summed E-state index contributed by atoms with van der Waals surface area (Å²) < 4.78 is 5.75. The van der Waals surface area contributed by atoms with E-state index in [2.05, 4.69) is 4.90 Å². The van der Waals surface area contributed by atoms with Crippen molar-refractivity contribution in [2.24, 2.45) is 5.73 Å². The van der Waals surface area contributed by atoms with Crippen molar-refractivity contribution in [3.05, 3.63) is 0 Å². The molecule has 3 heteroatoms. The van der Waals surface area contributed by atoms with E-state index in [-0.39, 0.29) is 5.60 Å². The lowest BCUT2D eigenvalue weighted by Gasteiger charge is -2.48. The Labute approximate surface area is 98.3 Å². The summed E-state index contributed by atoms with van der Waals surface area (Å²) in [5, 5.41) is 0. The lowest BCUT2D eigenvalue weighted by molar-refractivity contribution is -0.103. The molecule has 3 rings (SSSR count). The van der Waals surface area contributed by atoms with Crippen molar-refractivity contribution in [1.29, 1.82) is 0 Å². The Morgan fingerprint density at radius 1 is 1.25 bits per heavy atom. The molecule has 0 radical (unpaired) electrons. The first-order chi connectivity index (χ1) is 7.72. The molecule has 0 amide bonds. The van der Waals surface area contributed by atoms with Crippen molar-refractivity contribution in [3.8, 4) is 0 Å². The van der Waals surface area contributed by atoms with Crippen LogP contribution >= 0.6 is 0 Å². The molecule has 3 aliphatic rings. The van der Waals surface area contributed by atoms with E-state index in [1.165, 1.54) is 44.9 Å². The highest BCUT2D eigenvalue weighted by atomic mass is 16.5. The SMILES string of the molecule is COC1(CN2C3CCC2CC(N)C3)CCC1. The fourth-order valence-corrected chi connectivity index (χ4v) is 3.91. The van der Waals surface area contributed by atoms with Crippen LogP contribution in [-0.2, 0) is 4.74 Å². The molecular weight excluding hydrogens is 200 g/mol. The molecule has 3 fully saturated rings. The summed E-state index contributed by atoms with van der Waals surface area (Å²) in [4.78, 5) is 2.71. The second kappa shape index (κ2) is 3.97. The monoisotopic (exact) mass is 224 g/mol. The van der Waals surface area contributed by atoms with Gasteiger partial charge in [-0.1, -0.05) is 0 Å². The van der Waals surface area contributed by atoms with Crippen LogP contribution in [0.1, 0.15) is 44.9 Å². The minimum absolute atomic E-state index is 0.197. The number of ether oxygens (including phenoxy) is 1. The Balaban J connectivity index is 1.67. The molecule has 2 atom stereocenters. The van der Waals surface area contributed by atoms with Crippen LogP contribution in [0, 0.1) is 0 Å². The number of hydrogen-bond acceptors (Lipinski definition) is 3. The van der Waals surface area contributed by atoms with E-state index >= 15 is 0 Å². The molecule has 0 aromatic heterocycles. The molecule has 2 aliphatic heterocycles. The van der Waals surface area contributed by atoms with Crippen LogP contribution in [0.4, 0.5) is 0 Å². The topological polar surface area (TPSA) is 38.5 Å². The fraction of sp³-hybridized carbons (Fsp3) is 1.00. The van der Waals surface area contributed by atoms with Crippen LogP contribution in [-0.4, -0.2) is 42.3 Å². The molecule has 1 saturated carbocycles. The standard InChI is InChI=1S/C13H24N2O/c1-16-13(5-2-6-13)9-15-11-3-4-12(15)8-10(14)7-11/h10-12H,2-9,14H2,1H3. The van der Waals surface area contributed by atoms with Gasteiger partial charge in [0.15, 0.2) is 0 Å². The summed E-state index contributed by atoms with van der Waals surface area (Å²) in [5.74, 6) is 0. The quantitative estimate of drug-likeness (QED) is 0.789. The van der Waals surface area contributed by atoms with Gasteiger partial charge in [-0.3, -0.25) is 4.90 Å². The molecule has 2 bridgehead atoms. The number of nitrogens with two attached hydrogens (primary N) is 1. The molecule has 3 nitrogen and oxygen atoms in total. The summed E-state index contributed by atoms with van der Waals surface area (Å²) >= 11 is 0. The van der Waals surface area contributed by atoms with Crippen molar-refractivity contribution < 1.29 is 4.74 Å². The molecule has 0 spiro atoms. The van der Waals surface area contributed by atoms with Crippen LogP contribution in [0.5, 0.6) is 0 Å². The largest absolute Gasteiger partial charge is 0.377 e. The van der Waals surface area contributed by atoms with E-state index in [4.69, 9.17) is 10.5 Å². The van der Waals surface area contributed by atoms with Gasteiger partial charge in [0, 0.05) is 31.8 Å². The lowest BCUT2D eigenvalue weighted by atomic mass is 9.78. The molecule has 0 aromatic carbocycles. The van der Waals surface area contributed by atoms with Crippen molar-refractivity contribution in [3.63, 3.8) is 0 Å². The third kappa shape index (κ3) is 1.69. The molecule has 0 aromatic rings. The first kappa shape index (κ1) is 11.0.